The van der Waals surface area contributed by atoms with E-state index in [1.165, 1.54) is 0 Å². The molecule has 5 heteroatoms. The predicted octanol–water partition coefficient (Wildman–Crippen LogP) is 0.484. The van der Waals surface area contributed by atoms with Crippen molar-refractivity contribution in [3.63, 3.8) is 0 Å². The zero-order chi connectivity index (χ0) is 13.5. The van der Waals surface area contributed by atoms with Crippen molar-refractivity contribution in [3.05, 3.63) is 34.3 Å². The van der Waals surface area contributed by atoms with Gasteiger partial charge in [-0.15, -0.1) is 0 Å². The lowest BCUT2D eigenvalue weighted by atomic mass is 10.2. The normalized spacial score (nSPS) is 16.3. The lowest BCUT2D eigenvalue weighted by molar-refractivity contribution is -0.908. The maximum Gasteiger partial charge on any atom is 0.252 e. The molecule has 1 aliphatic heterocycles. The highest BCUT2D eigenvalue weighted by Crippen LogP contribution is 2.15. The highest BCUT2D eigenvalue weighted by Gasteiger charge is 2.13. The van der Waals surface area contributed by atoms with Crippen LogP contribution in [0.2, 0.25) is 0 Å². The summed E-state index contributed by atoms with van der Waals surface area (Å²) in [6.45, 7) is 5.71. The Morgan fingerprint density at radius 3 is 2.79 bits per heavy atom. The van der Waals surface area contributed by atoms with E-state index in [-0.39, 0.29) is 5.91 Å². The third-order valence-electron chi connectivity index (χ3n) is 3.31. The van der Waals surface area contributed by atoms with Gasteiger partial charge in [-0.25, -0.2) is 0 Å². The molecule has 1 aromatic carbocycles. The van der Waals surface area contributed by atoms with E-state index in [9.17, 15) is 4.79 Å². The van der Waals surface area contributed by atoms with E-state index in [2.05, 4.69) is 21.2 Å². The average molecular weight is 328 g/mol. The molecule has 0 bridgehead atoms. The summed E-state index contributed by atoms with van der Waals surface area (Å²) in [6, 6.07) is 7.49. The first-order chi connectivity index (χ1) is 9.27. The molecule has 0 radical (unpaired) electrons. The van der Waals surface area contributed by atoms with Crippen LogP contribution in [0.25, 0.3) is 0 Å². The van der Waals surface area contributed by atoms with Gasteiger partial charge in [0.2, 0.25) is 0 Å². The Hall–Kier alpha value is -0.910. The molecular formula is C14H20BrN2O2+. The van der Waals surface area contributed by atoms with Gasteiger partial charge in [0.25, 0.3) is 5.91 Å². The van der Waals surface area contributed by atoms with Crippen molar-refractivity contribution in [2.24, 2.45) is 0 Å². The van der Waals surface area contributed by atoms with Crippen LogP contribution in [0.3, 0.4) is 0 Å². The van der Waals surface area contributed by atoms with Crippen molar-refractivity contribution in [3.8, 4) is 0 Å². The molecule has 1 fully saturated rings. The van der Waals surface area contributed by atoms with Crippen molar-refractivity contribution in [2.75, 3.05) is 39.4 Å². The van der Waals surface area contributed by atoms with Crippen LogP contribution < -0.4 is 10.2 Å². The van der Waals surface area contributed by atoms with E-state index in [1.54, 1.807) is 4.90 Å². The monoisotopic (exact) mass is 327 g/mol. The zero-order valence-electron chi connectivity index (χ0n) is 11.0. The number of morpholine rings is 1. The van der Waals surface area contributed by atoms with Gasteiger partial charge in [-0.05, 0) is 28.1 Å². The molecule has 0 aromatic heterocycles. The van der Waals surface area contributed by atoms with Crippen LogP contribution >= 0.6 is 15.9 Å². The second-order valence-electron chi connectivity index (χ2n) is 4.70. The maximum absolute atomic E-state index is 11.9. The van der Waals surface area contributed by atoms with E-state index in [0.717, 1.165) is 50.3 Å². The van der Waals surface area contributed by atoms with Gasteiger partial charge in [0.15, 0.2) is 0 Å². The SMILES string of the molecule is O=C(NCCC[NH+]1CCOCC1)c1ccccc1Br. The van der Waals surface area contributed by atoms with E-state index in [4.69, 9.17) is 4.74 Å². The Kier molecular flexibility index (Phi) is 5.82. The number of benzene rings is 1. The van der Waals surface area contributed by atoms with Crippen molar-refractivity contribution < 1.29 is 14.4 Å². The third-order valence-corrected chi connectivity index (χ3v) is 4.00. The fourth-order valence-corrected chi connectivity index (χ4v) is 2.66. The van der Waals surface area contributed by atoms with Crippen molar-refractivity contribution in [2.45, 2.75) is 6.42 Å². The third kappa shape index (κ3) is 4.60. The second kappa shape index (κ2) is 7.62. The minimum atomic E-state index is -0.00977. The summed E-state index contributed by atoms with van der Waals surface area (Å²) in [6.07, 6.45) is 1.01. The van der Waals surface area contributed by atoms with Gasteiger partial charge >= 0.3 is 0 Å². The molecule has 1 aliphatic rings. The number of halogens is 1. The molecule has 1 aromatic rings. The van der Waals surface area contributed by atoms with Crippen molar-refractivity contribution in [1.29, 1.82) is 0 Å². The van der Waals surface area contributed by atoms with Crippen LogP contribution in [0.1, 0.15) is 16.8 Å². The first-order valence-electron chi connectivity index (χ1n) is 6.71. The topological polar surface area (TPSA) is 42.8 Å². The Balaban J connectivity index is 1.68. The fraction of sp³-hybridized carbons (Fsp3) is 0.500. The van der Waals surface area contributed by atoms with Crippen LogP contribution in [0.4, 0.5) is 0 Å². The molecule has 0 saturated carbocycles. The molecule has 2 N–H and O–H groups in total. The maximum atomic E-state index is 11.9. The van der Waals surface area contributed by atoms with Gasteiger partial charge in [0, 0.05) is 17.4 Å². The van der Waals surface area contributed by atoms with Gasteiger partial charge in [0.1, 0.15) is 13.1 Å². The number of carbonyl (C=O) groups is 1. The lowest BCUT2D eigenvalue weighted by Crippen LogP contribution is -3.14. The molecule has 1 heterocycles. The van der Waals surface area contributed by atoms with E-state index < -0.39 is 0 Å². The van der Waals surface area contributed by atoms with Gasteiger partial charge in [0.05, 0.1) is 25.3 Å². The smallest absolute Gasteiger partial charge is 0.252 e. The number of nitrogens with one attached hydrogen (secondary N) is 2. The highest BCUT2D eigenvalue weighted by atomic mass is 79.9. The Bertz CT molecular complexity index is 420. The summed E-state index contributed by atoms with van der Waals surface area (Å²) >= 11 is 3.39. The van der Waals surface area contributed by atoms with Gasteiger partial charge in [-0.3, -0.25) is 4.79 Å². The van der Waals surface area contributed by atoms with Gasteiger partial charge in [-0.1, -0.05) is 12.1 Å². The number of quaternary nitrogens is 1. The van der Waals surface area contributed by atoms with Gasteiger partial charge in [-0.2, -0.15) is 0 Å². The number of rotatable bonds is 5. The number of amides is 1. The Labute approximate surface area is 122 Å². The zero-order valence-corrected chi connectivity index (χ0v) is 12.5. The van der Waals surface area contributed by atoms with Crippen LogP contribution in [0, 0.1) is 0 Å². The van der Waals surface area contributed by atoms with Crippen molar-refractivity contribution >= 4 is 21.8 Å². The molecule has 0 spiro atoms. The minimum Gasteiger partial charge on any atom is -0.370 e. The summed E-state index contributed by atoms with van der Waals surface area (Å²) in [7, 11) is 0. The summed E-state index contributed by atoms with van der Waals surface area (Å²) in [5.74, 6) is -0.00977. The molecule has 19 heavy (non-hydrogen) atoms. The molecule has 1 amide bonds. The molecule has 0 atom stereocenters. The predicted molar refractivity (Wildman–Crippen MR) is 77.5 cm³/mol. The summed E-state index contributed by atoms with van der Waals surface area (Å²) < 4.78 is 6.16. The Morgan fingerprint density at radius 2 is 2.05 bits per heavy atom. The highest BCUT2D eigenvalue weighted by molar-refractivity contribution is 9.10. The van der Waals surface area contributed by atoms with Crippen LogP contribution in [0.5, 0.6) is 0 Å². The molecule has 104 valence electrons. The summed E-state index contributed by atoms with van der Waals surface area (Å²) in [5, 5.41) is 2.97. The number of hydrogen-bond donors (Lipinski definition) is 2. The summed E-state index contributed by atoms with van der Waals surface area (Å²) in [4.78, 5) is 13.5. The largest absolute Gasteiger partial charge is 0.370 e. The lowest BCUT2D eigenvalue weighted by Gasteiger charge is -2.23. The average Bonchev–Trinajstić information content (AvgIpc) is 2.45. The van der Waals surface area contributed by atoms with Crippen LogP contribution in [-0.2, 0) is 4.74 Å². The number of carbonyl (C=O) groups excluding carboxylic acids is 1. The Morgan fingerprint density at radius 1 is 1.32 bits per heavy atom. The summed E-state index contributed by atoms with van der Waals surface area (Å²) in [5.41, 5.74) is 0.696. The fourth-order valence-electron chi connectivity index (χ4n) is 2.19. The molecule has 0 aliphatic carbocycles. The van der Waals surface area contributed by atoms with Crippen LogP contribution in [0.15, 0.2) is 28.7 Å². The molecular weight excluding hydrogens is 308 g/mol. The van der Waals surface area contributed by atoms with Crippen molar-refractivity contribution in [1.82, 2.24) is 5.32 Å². The number of hydrogen-bond acceptors (Lipinski definition) is 2. The first-order valence-corrected chi connectivity index (χ1v) is 7.51. The van der Waals surface area contributed by atoms with E-state index in [0.29, 0.717) is 5.56 Å². The van der Waals surface area contributed by atoms with Crippen LogP contribution in [-0.4, -0.2) is 45.3 Å². The minimum absolute atomic E-state index is 0.00977. The quantitative estimate of drug-likeness (QED) is 0.773. The molecule has 0 unspecified atom stereocenters. The second-order valence-corrected chi connectivity index (χ2v) is 5.56. The molecule has 1 saturated heterocycles. The van der Waals surface area contributed by atoms with E-state index >= 15 is 0 Å². The number of ether oxygens (including phenoxy) is 1. The molecule has 2 rings (SSSR count). The van der Waals surface area contributed by atoms with Gasteiger partial charge < -0.3 is 15.0 Å². The molecule has 4 nitrogen and oxygen atoms in total. The standard InChI is InChI=1S/C14H19BrN2O2/c15-13-5-2-1-4-12(13)14(18)16-6-3-7-17-8-10-19-11-9-17/h1-2,4-5H,3,6-11H2,(H,16,18)/p+1. The van der Waals surface area contributed by atoms with E-state index in [1.807, 2.05) is 24.3 Å². The first kappa shape index (κ1) is 14.5.